The van der Waals surface area contributed by atoms with Gasteiger partial charge in [-0.05, 0) is 11.4 Å². The van der Waals surface area contributed by atoms with Crippen molar-refractivity contribution in [2.45, 2.75) is 6.42 Å². The molecule has 0 N–H and O–H groups in total. The van der Waals surface area contributed by atoms with E-state index in [-0.39, 0.29) is 5.91 Å². The summed E-state index contributed by atoms with van der Waals surface area (Å²) >= 11 is 1.64. The number of carbonyl (C=O) groups is 1. The molecular weight excluding hydrogens is 344 g/mol. The van der Waals surface area contributed by atoms with Crippen LogP contribution in [0.15, 0.2) is 60.2 Å². The van der Waals surface area contributed by atoms with Gasteiger partial charge in [-0.1, -0.05) is 36.4 Å². The van der Waals surface area contributed by atoms with Crippen LogP contribution in [0.2, 0.25) is 0 Å². The van der Waals surface area contributed by atoms with Gasteiger partial charge >= 0.3 is 0 Å². The molecule has 0 aliphatic carbocycles. The van der Waals surface area contributed by atoms with Crippen LogP contribution < -0.4 is 4.90 Å². The van der Waals surface area contributed by atoms with Crippen LogP contribution in [0.3, 0.4) is 0 Å². The van der Waals surface area contributed by atoms with Gasteiger partial charge < -0.3 is 9.80 Å². The van der Waals surface area contributed by atoms with Crippen molar-refractivity contribution >= 4 is 23.1 Å². The molecule has 1 aliphatic heterocycles. The maximum absolute atomic E-state index is 12.4. The van der Waals surface area contributed by atoms with Crippen molar-refractivity contribution in [1.82, 2.24) is 14.9 Å². The zero-order valence-electron chi connectivity index (χ0n) is 14.4. The quantitative estimate of drug-likeness (QED) is 0.714. The Hall–Kier alpha value is -2.73. The van der Waals surface area contributed by atoms with E-state index >= 15 is 0 Å². The molecular formula is C20H20N4OS. The number of piperazine rings is 1. The Morgan fingerprint density at radius 2 is 1.81 bits per heavy atom. The first-order valence-electron chi connectivity index (χ1n) is 8.72. The van der Waals surface area contributed by atoms with E-state index < -0.39 is 0 Å². The van der Waals surface area contributed by atoms with Gasteiger partial charge in [0.25, 0.3) is 0 Å². The number of hydrogen-bond acceptors (Lipinski definition) is 5. The van der Waals surface area contributed by atoms with Gasteiger partial charge in [-0.3, -0.25) is 4.79 Å². The Bertz CT molecular complexity index is 859. The van der Waals surface area contributed by atoms with Crippen LogP contribution in [0.25, 0.3) is 11.3 Å². The smallest absolute Gasteiger partial charge is 0.227 e. The average molecular weight is 364 g/mol. The highest BCUT2D eigenvalue weighted by atomic mass is 32.1. The van der Waals surface area contributed by atoms with Crippen LogP contribution in [0, 0.1) is 0 Å². The first-order valence-corrected chi connectivity index (χ1v) is 9.60. The Balaban J connectivity index is 1.40. The van der Waals surface area contributed by atoms with Gasteiger partial charge in [-0.2, -0.15) is 0 Å². The fraction of sp³-hybridized carbons (Fsp3) is 0.250. The Morgan fingerprint density at radius 3 is 2.54 bits per heavy atom. The summed E-state index contributed by atoms with van der Waals surface area (Å²) in [4.78, 5) is 26.6. The first-order chi connectivity index (χ1) is 12.8. The number of aromatic nitrogens is 2. The van der Waals surface area contributed by atoms with Gasteiger partial charge in [-0.25, -0.2) is 9.97 Å². The molecule has 1 fully saturated rings. The second kappa shape index (κ2) is 7.66. The van der Waals surface area contributed by atoms with Crippen LogP contribution >= 0.6 is 11.3 Å². The number of nitrogens with zero attached hydrogens (tertiary/aromatic N) is 4. The van der Waals surface area contributed by atoms with E-state index in [2.05, 4.69) is 14.9 Å². The number of rotatable bonds is 4. The molecule has 0 bridgehead atoms. The molecule has 132 valence electrons. The van der Waals surface area contributed by atoms with E-state index in [1.165, 1.54) is 0 Å². The molecule has 2 aromatic heterocycles. The van der Waals surface area contributed by atoms with Gasteiger partial charge in [0, 0.05) is 42.7 Å². The molecule has 0 unspecified atom stereocenters. The van der Waals surface area contributed by atoms with Crippen molar-refractivity contribution in [3.63, 3.8) is 0 Å². The molecule has 1 aliphatic rings. The van der Waals surface area contributed by atoms with Crippen molar-refractivity contribution in [2.75, 3.05) is 31.1 Å². The van der Waals surface area contributed by atoms with Gasteiger partial charge in [0.05, 0.1) is 12.1 Å². The number of thiophene rings is 1. The minimum absolute atomic E-state index is 0.208. The van der Waals surface area contributed by atoms with E-state index in [1.54, 1.807) is 17.7 Å². The first kappa shape index (κ1) is 16.7. The summed E-state index contributed by atoms with van der Waals surface area (Å²) in [6.07, 6.45) is 2.12. The largest absolute Gasteiger partial charge is 0.353 e. The molecule has 6 heteroatoms. The minimum Gasteiger partial charge on any atom is -0.353 e. The lowest BCUT2D eigenvalue weighted by atomic mass is 10.1. The highest BCUT2D eigenvalue weighted by Gasteiger charge is 2.22. The molecule has 0 spiro atoms. The summed E-state index contributed by atoms with van der Waals surface area (Å²) < 4.78 is 0. The molecule has 26 heavy (non-hydrogen) atoms. The molecule has 0 saturated carbocycles. The number of carbonyl (C=O) groups excluding carboxylic acids is 1. The normalized spacial score (nSPS) is 14.5. The zero-order chi connectivity index (χ0) is 17.8. The fourth-order valence-corrected chi connectivity index (χ4v) is 3.84. The minimum atomic E-state index is 0.208. The lowest BCUT2D eigenvalue weighted by molar-refractivity contribution is -0.130. The predicted octanol–water partition coefficient (Wildman–Crippen LogP) is 3.10. The van der Waals surface area contributed by atoms with Crippen LogP contribution in [0.5, 0.6) is 0 Å². The third kappa shape index (κ3) is 3.75. The standard InChI is InChI=1S/C20H20N4OS/c25-20(13-17-7-4-12-26-17)24-10-8-23(9-11-24)19-14-18(21-15-22-19)16-5-2-1-3-6-16/h1-7,12,14-15H,8-11,13H2. The van der Waals surface area contributed by atoms with E-state index in [9.17, 15) is 4.79 Å². The van der Waals surface area contributed by atoms with Gasteiger partial charge in [0.1, 0.15) is 12.1 Å². The molecule has 1 amide bonds. The SMILES string of the molecule is O=C(Cc1cccs1)N1CCN(c2cc(-c3ccccc3)ncn2)CC1. The molecule has 3 heterocycles. The monoisotopic (exact) mass is 364 g/mol. The highest BCUT2D eigenvalue weighted by Crippen LogP contribution is 2.21. The topological polar surface area (TPSA) is 49.3 Å². The predicted molar refractivity (Wildman–Crippen MR) is 104 cm³/mol. The number of anilines is 1. The highest BCUT2D eigenvalue weighted by molar-refractivity contribution is 7.10. The van der Waals surface area contributed by atoms with Crippen molar-refractivity contribution in [3.8, 4) is 11.3 Å². The van der Waals surface area contributed by atoms with Gasteiger partial charge in [-0.15, -0.1) is 11.3 Å². The Labute approximate surface area is 156 Å². The van der Waals surface area contributed by atoms with Crippen molar-refractivity contribution in [3.05, 3.63) is 65.1 Å². The maximum Gasteiger partial charge on any atom is 0.227 e. The van der Waals surface area contributed by atoms with Crippen LogP contribution in [-0.4, -0.2) is 47.0 Å². The summed E-state index contributed by atoms with van der Waals surface area (Å²) in [5, 5.41) is 2.01. The fourth-order valence-electron chi connectivity index (χ4n) is 3.15. The molecule has 4 rings (SSSR count). The molecule has 1 aromatic carbocycles. The third-order valence-electron chi connectivity index (χ3n) is 4.58. The van der Waals surface area contributed by atoms with Crippen molar-refractivity contribution in [2.24, 2.45) is 0 Å². The van der Waals surface area contributed by atoms with Crippen LogP contribution in [0.1, 0.15) is 4.88 Å². The van der Waals surface area contributed by atoms with E-state index in [0.29, 0.717) is 6.42 Å². The molecule has 0 atom stereocenters. The summed E-state index contributed by atoms with van der Waals surface area (Å²) in [5.41, 5.74) is 2.01. The Kier molecular flexibility index (Phi) is 4.93. The second-order valence-electron chi connectivity index (χ2n) is 6.25. The van der Waals surface area contributed by atoms with Crippen LogP contribution in [-0.2, 0) is 11.2 Å². The lowest BCUT2D eigenvalue weighted by Gasteiger charge is -2.35. The maximum atomic E-state index is 12.4. The Morgan fingerprint density at radius 1 is 1.00 bits per heavy atom. The van der Waals surface area contributed by atoms with Crippen molar-refractivity contribution in [1.29, 1.82) is 0 Å². The van der Waals surface area contributed by atoms with Crippen molar-refractivity contribution < 1.29 is 4.79 Å². The van der Waals surface area contributed by atoms with E-state index in [0.717, 1.165) is 48.1 Å². The summed E-state index contributed by atoms with van der Waals surface area (Å²) in [6, 6.07) is 16.1. The van der Waals surface area contributed by atoms with Gasteiger partial charge in [0.15, 0.2) is 0 Å². The van der Waals surface area contributed by atoms with E-state index in [4.69, 9.17) is 0 Å². The second-order valence-corrected chi connectivity index (χ2v) is 7.28. The molecule has 3 aromatic rings. The van der Waals surface area contributed by atoms with Crippen LogP contribution in [0.4, 0.5) is 5.82 Å². The average Bonchev–Trinajstić information content (AvgIpc) is 3.22. The zero-order valence-corrected chi connectivity index (χ0v) is 15.2. The molecule has 1 saturated heterocycles. The molecule has 5 nitrogen and oxygen atoms in total. The van der Waals surface area contributed by atoms with E-state index in [1.807, 2.05) is 58.8 Å². The van der Waals surface area contributed by atoms with Gasteiger partial charge in [0.2, 0.25) is 5.91 Å². The number of amides is 1. The summed E-state index contributed by atoms with van der Waals surface area (Å²) in [5.74, 6) is 1.13. The molecule has 0 radical (unpaired) electrons. The summed E-state index contributed by atoms with van der Waals surface area (Å²) in [7, 11) is 0. The lowest BCUT2D eigenvalue weighted by Crippen LogP contribution is -2.49. The summed E-state index contributed by atoms with van der Waals surface area (Å²) in [6.45, 7) is 3.05. The third-order valence-corrected chi connectivity index (χ3v) is 5.46. The number of hydrogen-bond donors (Lipinski definition) is 0. The number of benzene rings is 1.